The van der Waals surface area contributed by atoms with E-state index in [1.165, 1.54) is 11.8 Å². The molecule has 1 aromatic heterocycles. The molecule has 4 unspecified atom stereocenters. The SMILES string of the molecule is CSCCC(N)C(=O)NC(Cc1c[nH]c2ccccc12)C(=O)NC(CC(N)=O)C(=O)NC(CC(=O)O)C(=O)O. The predicted octanol–water partition coefficient (Wildman–Crippen LogP) is -1.32. The first kappa shape index (κ1) is 31.1. The Hall–Kier alpha value is -4.11. The fraction of sp³-hybridized carbons (Fsp3) is 0.417. The normalized spacial score (nSPS) is 14.0. The maximum Gasteiger partial charge on any atom is 0.326 e. The average molecular weight is 565 g/mol. The van der Waals surface area contributed by atoms with E-state index in [4.69, 9.17) is 16.6 Å². The van der Waals surface area contributed by atoms with Crippen molar-refractivity contribution in [3.05, 3.63) is 36.0 Å². The minimum Gasteiger partial charge on any atom is -0.481 e. The number of hydrogen-bond acceptors (Lipinski definition) is 8. The molecule has 0 bridgehead atoms. The van der Waals surface area contributed by atoms with Gasteiger partial charge in [-0.05, 0) is 30.1 Å². The Balaban J connectivity index is 2.30. The molecule has 4 atom stereocenters. The fourth-order valence-electron chi connectivity index (χ4n) is 3.71. The lowest BCUT2D eigenvalue weighted by Crippen LogP contribution is -2.58. The van der Waals surface area contributed by atoms with E-state index in [1.807, 2.05) is 29.8 Å². The number of nitrogens with two attached hydrogens (primary N) is 2. The summed E-state index contributed by atoms with van der Waals surface area (Å²) < 4.78 is 0. The van der Waals surface area contributed by atoms with E-state index in [1.54, 1.807) is 12.3 Å². The molecule has 0 aliphatic carbocycles. The number of amides is 4. The first-order valence-corrected chi connectivity index (χ1v) is 13.3. The van der Waals surface area contributed by atoms with Crippen LogP contribution in [-0.2, 0) is 35.2 Å². The Kier molecular flexibility index (Phi) is 11.7. The Labute approximate surface area is 227 Å². The van der Waals surface area contributed by atoms with Gasteiger partial charge >= 0.3 is 11.9 Å². The van der Waals surface area contributed by atoms with Gasteiger partial charge in [0.1, 0.15) is 18.1 Å². The molecular weight excluding hydrogens is 532 g/mol. The van der Waals surface area contributed by atoms with Crippen LogP contribution in [0.3, 0.4) is 0 Å². The van der Waals surface area contributed by atoms with Gasteiger partial charge in [-0.25, -0.2) is 4.79 Å². The molecule has 15 heteroatoms. The summed E-state index contributed by atoms with van der Waals surface area (Å²) in [6.07, 6.45) is 2.21. The number of primary amides is 1. The molecule has 0 aliphatic heterocycles. The van der Waals surface area contributed by atoms with Crippen molar-refractivity contribution in [2.75, 3.05) is 12.0 Å². The van der Waals surface area contributed by atoms with Crippen molar-refractivity contribution in [1.82, 2.24) is 20.9 Å². The number of fused-ring (bicyclic) bond motifs is 1. The number of aromatic nitrogens is 1. The summed E-state index contributed by atoms with van der Waals surface area (Å²) in [5.74, 6) is -6.10. The van der Waals surface area contributed by atoms with Crippen LogP contribution >= 0.6 is 11.8 Å². The second-order valence-corrected chi connectivity index (χ2v) is 9.73. The van der Waals surface area contributed by atoms with E-state index in [9.17, 15) is 33.9 Å². The molecule has 0 spiro atoms. The van der Waals surface area contributed by atoms with Gasteiger partial charge in [-0.2, -0.15) is 11.8 Å². The molecule has 0 saturated carbocycles. The van der Waals surface area contributed by atoms with E-state index in [2.05, 4.69) is 15.6 Å². The molecule has 0 radical (unpaired) electrons. The number of benzene rings is 1. The van der Waals surface area contributed by atoms with Crippen LogP contribution in [0.25, 0.3) is 10.9 Å². The summed E-state index contributed by atoms with van der Waals surface area (Å²) in [5, 5.41) is 25.9. The smallest absolute Gasteiger partial charge is 0.326 e. The molecular formula is C24H32N6O8S. The lowest BCUT2D eigenvalue weighted by molar-refractivity contribution is -0.147. The number of carbonyl (C=O) groups is 6. The Morgan fingerprint density at radius 2 is 1.54 bits per heavy atom. The number of aromatic amines is 1. The van der Waals surface area contributed by atoms with Gasteiger partial charge in [-0.15, -0.1) is 0 Å². The summed E-state index contributed by atoms with van der Waals surface area (Å²) in [7, 11) is 0. The molecule has 14 nitrogen and oxygen atoms in total. The number of para-hydroxylation sites is 1. The number of hydrogen-bond donors (Lipinski definition) is 8. The third kappa shape index (κ3) is 9.61. The van der Waals surface area contributed by atoms with E-state index in [0.29, 0.717) is 17.7 Å². The lowest BCUT2D eigenvalue weighted by atomic mass is 10.0. The summed E-state index contributed by atoms with van der Waals surface area (Å²) in [6.45, 7) is 0. The zero-order valence-electron chi connectivity index (χ0n) is 21.1. The molecule has 212 valence electrons. The molecule has 1 heterocycles. The van der Waals surface area contributed by atoms with Gasteiger partial charge in [0.15, 0.2) is 0 Å². The molecule has 0 fully saturated rings. The van der Waals surface area contributed by atoms with Crippen LogP contribution in [0.1, 0.15) is 24.8 Å². The van der Waals surface area contributed by atoms with Gasteiger partial charge in [0, 0.05) is 23.5 Å². The van der Waals surface area contributed by atoms with Crippen LogP contribution in [0.2, 0.25) is 0 Å². The number of carbonyl (C=O) groups excluding carboxylic acids is 4. The number of nitrogens with one attached hydrogen (secondary N) is 4. The number of carboxylic acids is 2. The van der Waals surface area contributed by atoms with Gasteiger partial charge in [-0.3, -0.25) is 24.0 Å². The quantitative estimate of drug-likeness (QED) is 0.119. The van der Waals surface area contributed by atoms with Gasteiger partial charge in [0.05, 0.1) is 18.9 Å². The molecule has 1 aromatic carbocycles. The highest BCUT2D eigenvalue weighted by molar-refractivity contribution is 7.98. The van der Waals surface area contributed by atoms with Crippen molar-refractivity contribution < 1.29 is 39.0 Å². The minimum absolute atomic E-state index is 0.0154. The Morgan fingerprint density at radius 3 is 2.15 bits per heavy atom. The molecule has 2 rings (SSSR count). The van der Waals surface area contributed by atoms with Crippen molar-refractivity contribution in [2.45, 2.75) is 49.9 Å². The predicted molar refractivity (Wildman–Crippen MR) is 142 cm³/mol. The van der Waals surface area contributed by atoms with Gasteiger partial charge < -0.3 is 42.6 Å². The molecule has 0 saturated heterocycles. The van der Waals surface area contributed by atoms with E-state index in [0.717, 1.165) is 10.9 Å². The van der Waals surface area contributed by atoms with Crippen molar-refractivity contribution >= 4 is 58.2 Å². The summed E-state index contributed by atoms with van der Waals surface area (Å²) in [4.78, 5) is 75.9. The van der Waals surface area contributed by atoms with Gasteiger partial charge in [-0.1, -0.05) is 18.2 Å². The van der Waals surface area contributed by atoms with Gasteiger partial charge in [0.2, 0.25) is 23.6 Å². The number of thioether (sulfide) groups is 1. The first-order chi connectivity index (χ1) is 18.4. The Morgan fingerprint density at radius 1 is 0.923 bits per heavy atom. The molecule has 39 heavy (non-hydrogen) atoms. The van der Waals surface area contributed by atoms with Crippen molar-refractivity contribution in [3.8, 4) is 0 Å². The molecule has 0 aliphatic rings. The van der Waals surface area contributed by atoms with Crippen LogP contribution in [-0.4, -0.2) is 86.9 Å². The topological polar surface area (TPSA) is 247 Å². The van der Waals surface area contributed by atoms with Crippen LogP contribution in [0.4, 0.5) is 0 Å². The highest BCUT2D eigenvalue weighted by Gasteiger charge is 2.32. The summed E-state index contributed by atoms with van der Waals surface area (Å²) in [6, 6.07) is 1.66. The largest absolute Gasteiger partial charge is 0.481 e. The molecule has 2 aromatic rings. The zero-order valence-corrected chi connectivity index (χ0v) is 22.0. The minimum atomic E-state index is -1.82. The number of carboxylic acid groups (broad SMARTS) is 2. The first-order valence-electron chi connectivity index (χ1n) is 11.9. The lowest BCUT2D eigenvalue weighted by Gasteiger charge is -2.24. The highest BCUT2D eigenvalue weighted by Crippen LogP contribution is 2.19. The third-order valence-electron chi connectivity index (χ3n) is 5.73. The van der Waals surface area contributed by atoms with Gasteiger partial charge in [0.25, 0.3) is 0 Å². The number of H-pyrrole nitrogens is 1. The van der Waals surface area contributed by atoms with E-state index < -0.39 is 72.6 Å². The maximum atomic E-state index is 13.3. The number of rotatable bonds is 16. The second-order valence-electron chi connectivity index (χ2n) is 8.74. The second kappa shape index (κ2) is 14.7. The van der Waals surface area contributed by atoms with Crippen LogP contribution < -0.4 is 27.4 Å². The third-order valence-corrected chi connectivity index (χ3v) is 6.38. The monoisotopic (exact) mass is 564 g/mol. The van der Waals surface area contributed by atoms with E-state index in [-0.39, 0.29) is 6.42 Å². The number of aliphatic carboxylic acids is 2. The van der Waals surface area contributed by atoms with Crippen molar-refractivity contribution in [1.29, 1.82) is 0 Å². The summed E-state index contributed by atoms with van der Waals surface area (Å²) in [5.41, 5.74) is 12.6. The Bertz CT molecular complexity index is 1220. The van der Waals surface area contributed by atoms with Crippen molar-refractivity contribution in [3.63, 3.8) is 0 Å². The van der Waals surface area contributed by atoms with Crippen LogP contribution in [0.5, 0.6) is 0 Å². The standard InChI is InChI=1S/C24H32N6O8S/c1-39-7-6-14(25)21(34)28-16(8-12-11-27-15-5-3-2-4-13(12)15)22(35)29-17(9-19(26)31)23(36)30-18(24(37)38)10-20(32)33/h2-5,11,14,16-18,27H,6-10,25H2,1H3,(H2,26,31)(H,28,34)(H,29,35)(H,30,36)(H,32,33)(H,37,38). The van der Waals surface area contributed by atoms with E-state index >= 15 is 0 Å². The average Bonchev–Trinajstić information content (AvgIpc) is 3.28. The van der Waals surface area contributed by atoms with Crippen LogP contribution in [0.15, 0.2) is 30.5 Å². The highest BCUT2D eigenvalue weighted by atomic mass is 32.2. The summed E-state index contributed by atoms with van der Waals surface area (Å²) >= 11 is 1.50. The van der Waals surface area contributed by atoms with Crippen LogP contribution in [0, 0.1) is 0 Å². The van der Waals surface area contributed by atoms with Crippen molar-refractivity contribution in [2.24, 2.45) is 11.5 Å². The fourth-order valence-corrected chi connectivity index (χ4v) is 4.20. The zero-order chi connectivity index (χ0) is 29.1. The molecule has 10 N–H and O–H groups in total. The molecule has 4 amide bonds. The maximum absolute atomic E-state index is 13.3.